The van der Waals surface area contributed by atoms with Gasteiger partial charge in [-0.25, -0.2) is 0 Å². The molecule has 1 aromatic rings. The summed E-state index contributed by atoms with van der Waals surface area (Å²) in [6.45, 7) is 2.13. The van der Waals surface area contributed by atoms with Crippen molar-refractivity contribution in [3.05, 3.63) is 29.8 Å². The minimum atomic E-state index is 0.341. The Morgan fingerprint density at radius 1 is 1.42 bits per heavy atom. The van der Waals surface area contributed by atoms with E-state index in [4.69, 9.17) is 10.00 Å². The lowest BCUT2D eigenvalue weighted by molar-refractivity contribution is 0.257. The molecular formula is C16H22N2O. The Morgan fingerprint density at radius 2 is 2.16 bits per heavy atom. The molecule has 1 atom stereocenters. The molecule has 19 heavy (non-hydrogen) atoms. The number of methoxy groups -OCH3 is 1. The molecule has 1 fully saturated rings. The average molecular weight is 258 g/mol. The smallest absolute Gasteiger partial charge is 0.122 e. The molecule has 0 spiro atoms. The van der Waals surface area contributed by atoms with Crippen molar-refractivity contribution in [2.75, 3.05) is 7.11 Å². The summed E-state index contributed by atoms with van der Waals surface area (Å²) in [5, 5.41) is 12.3. The fourth-order valence-corrected chi connectivity index (χ4v) is 2.78. The van der Waals surface area contributed by atoms with Gasteiger partial charge in [0.25, 0.3) is 0 Å². The minimum absolute atomic E-state index is 0.341. The van der Waals surface area contributed by atoms with Crippen molar-refractivity contribution >= 4 is 0 Å². The highest BCUT2D eigenvalue weighted by Gasteiger charge is 2.32. The van der Waals surface area contributed by atoms with Gasteiger partial charge in [-0.15, -0.1) is 0 Å². The number of hydrogen-bond acceptors (Lipinski definition) is 3. The van der Waals surface area contributed by atoms with E-state index >= 15 is 0 Å². The molecule has 3 heteroatoms. The standard InChI is InChI=1S/C16H22N2O/c1-3-13(8-9-17)18-14-10-12(11-14)15-6-4-5-7-16(15)19-2/h4-7,12-14,18H,3,8,10-11H2,1-2H3. The molecule has 3 nitrogen and oxygen atoms in total. The topological polar surface area (TPSA) is 45.0 Å². The highest BCUT2D eigenvalue weighted by molar-refractivity contribution is 5.37. The predicted molar refractivity (Wildman–Crippen MR) is 76.2 cm³/mol. The number of nitrogens with zero attached hydrogens (tertiary/aromatic N) is 1. The molecule has 0 amide bonds. The summed E-state index contributed by atoms with van der Waals surface area (Å²) in [4.78, 5) is 0. The van der Waals surface area contributed by atoms with E-state index in [0.29, 0.717) is 24.4 Å². The second kappa shape index (κ2) is 6.58. The van der Waals surface area contributed by atoms with Crippen LogP contribution in [0, 0.1) is 11.3 Å². The van der Waals surface area contributed by atoms with Crippen molar-refractivity contribution in [2.45, 2.75) is 50.6 Å². The monoisotopic (exact) mass is 258 g/mol. The van der Waals surface area contributed by atoms with E-state index in [1.165, 1.54) is 5.56 Å². The van der Waals surface area contributed by atoms with Crippen molar-refractivity contribution in [3.8, 4) is 11.8 Å². The molecule has 0 aliphatic heterocycles. The van der Waals surface area contributed by atoms with Gasteiger partial charge in [0.2, 0.25) is 0 Å². The average Bonchev–Trinajstić information content (AvgIpc) is 2.41. The molecule has 1 aromatic carbocycles. The fourth-order valence-electron chi connectivity index (χ4n) is 2.78. The van der Waals surface area contributed by atoms with E-state index in [1.807, 2.05) is 12.1 Å². The van der Waals surface area contributed by atoms with Gasteiger partial charge >= 0.3 is 0 Å². The lowest BCUT2D eigenvalue weighted by atomic mass is 9.75. The first kappa shape index (κ1) is 13.9. The van der Waals surface area contributed by atoms with Gasteiger partial charge in [0, 0.05) is 12.1 Å². The number of ether oxygens (including phenoxy) is 1. The number of hydrogen-bond donors (Lipinski definition) is 1. The SMILES string of the molecule is CCC(CC#N)NC1CC(c2ccccc2OC)C1. The number of nitriles is 1. The first-order valence-electron chi connectivity index (χ1n) is 7.04. The summed E-state index contributed by atoms with van der Waals surface area (Å²) in [5.41, 5.74) is 1.32. The Hall–Kier alpha value is -1.53. The number of benzene rings is 1. The lowest BCUT2D eigenvalue weighted by Crippen LogP contribution is -2.45. The maximum atomic E-state index is 8.76. The summed E-state index contributed by atoms with van der Waals surface area (Å²) in [6.07, 6.45) is 3.90. The third kappa shape index (κ3) is 3.27. The quantitative estimate of drug-likeness (QED) is 0.852. The second-order valence-electron chi connectivity index (χ2n) is 5.24. The zero-order chi connectivity index (χ0) is 13.7. The fraction of sp³-hybridized carbons (Fsp3) is 0.562. The highest BCUT2D eigenvalue weighted by Crippen LogP contribution is 2.41. The zero-order valence-corrected chi connectivity index (χ0v) is 11.7. The van der Waals surface area contributed by atoms with Gasteiger partial charge in [0.1, 0.15) is 5.75 Å². The van der Waals surface area contributed by atoms with Gasteiger partial charge < -0.3 is 10.1 Å². The molecule has 102 valence electrons. The Balaban J connectivity index is 1.87. The first-order valence-corrected chi connectivity index (χ1v) is 7.04. The highest BCUT2D eigenvalue weighted by atomic mass is 16.5. The molecule has 1 saturated carbocycles. The Kier molecular flexibility index (Phi) is 4.81. The van der Waals surface area contributed by atoms with Gasteiger partial charge in [-0.05, 0) is 36.8 Å². The van der Waals surface area contributed by atoms with Gasteiger partial charge in [-0.1, -0.05) is 25.1 Å². The maximum Gasteiger partial charge on any atom is 0.122 e. The molecule has 0 radical (unpaired) electrons. The summed E-state index contributed by atoms with van der Waals surface area (Å²) in [7, 11) is 1.73. The zero-order valence-electron chi connectivity index (χ0n) is 11.7. The lowest BCUT2D eigenvalue weighted by Gasteiger charge is -2.38. The van der Waals surface area contributed by atoms with Crippen LogP contribution >= 0.6 is 0 Å². The third-order valence-corrected chi connectivity index (χ3v) is 4.02. The largest absolute Gasteiger partial charge is 0.496 e. The van der Waals surface area contributed by atoms with Crippen LogP contribution in [-0.4, -0.2) is 19.2 Å². The van der Waals surface area contributed by atoms with Crippen molar-refractivity contribution in [1.82, 2.24) is 5.32 Å². The summed E-state index contributed by atoms with van der Waals surface area (Å²) in [6, 6.07) is 11.4. The van der Waals surface area contributed by atoms with E-state index < -0.39 is 0 Å². The predicted octanol–water partition coefficient (Wildman–Crippen LogP) is 3.22. The number of rotatable bonds is 6. The van der Waals surface area contributed by atoms with E-state index in [-0.39, 0.29) is 0 Å². The summed E-state index contributed by atoms with van der Waals surface area (Å²) < 4.78 is 5.41. The van der Waals surface area contributed by atoms with Crippen LogP contribution in [0.2, 0.25) is 0 Å². The van der Waals surface area contributed by atoms with Gasteiger partial charge in [-0.2, -0.15) is 5.26 Å². The van der Waals surface area contributed by atoms with E-state index in [0.717, 1.165) is 25.0 Å². The van der Waals surface area contributed by atoms with Crippen LogP contribution in [0.4, 0.5) is 0 Å². The molecule has 0 aromatic heterocycles. The Labute approximate surface area is 115 Å². The minimum Gasteiger partial charge on any atom is -0.496 e. The Morgan fingerprint density at radius 3 is 2.79 bits per heavy atom. The molecule has 2 rings (SSSR count). The molecule has 1 aliphatic rings. The Bertz CT molecular complexity index is 446. The molecule has 1 N–H and O–H groups in total. The molecule has 1 aliphatic carbocycles. The van der Waals surface area contributed by atoms with Gasteiger partial charge in [0.15, 0.2) is 0 Å². The van der Waals surface area contributed by atoms with Crippen LogP contribution in [0.25, 0.3) is 0 Å². The molecule has 1 unspecified atom stereocenters. The first-order chi connectivity index (χ1) is 9.28. The van der Waals surface area contributed by atoms with E-state index in [1.54, 1.807) is 7.11 Å². The van der Waals surface area contributed by atoms with Crippen LogP contribution in [0.5, 0.6) is 5.75 Å². The van der Waals surface area contributed by atoms with Gasteiger partial charge in [-0.3, -0.25) is 0 Å². The number of para-hydroxylation sites is 1. The van der Waals surface area contributed by atoms with Crippen LogP contribution in [0.3, 0.4) is 0 Å². The van der Waals surface area contributed by atoms with Crippen LogP contribution in [0.15, 0.2) is 24.3 Å². The van der Waals surface area contributed by atoms with Crippen LogP contribution < -0.4 is 10.1 Å². The van der Waals surface area contributed by atoms with E-state index in [2.05, 4.69) is 30.4 Å². The summed E-state index contributed by atoms with van der Waals surface area (Å²) >= 11 is 0. The third-order valence-electron chi connectivity index (χ3n) is 4.02. The molecular weight excluding hydrogens is 236 g/mol. The van der Waals surface area contributed by atoms with Crippen LogP contribution in [-0.2, 0) is 0 Å². The normalized spacial score (nSPS) is 23.2. The molecule has 0 saturated heterocycles. The van der Waals surface area contributed by atoms with Crippen molar-refractivity contribution in [2.24, 2.45) is 0 Å². The molecule has 0 heterocycles. The summed E-state index contributed by atoms with van der Waals surface area (Å²) in [5.74, 6) is 1.59. The number of nitrogens with one attached hydrogen (secondary N) is 1. The maximum absolute atomic E-state index is 8.76. The van der Waals surface area contributed by atoms with Crippen molar-refractivity contribution in [3.63, 3.8) is 0 Å². The second-order valence-corrected chi connectivity index (χ2v) is 5.24. The van der Waals surface area contributed by atoms with Crippen LogP contribution in [0.1, 0.15) is 44.1 Å². The van der Waals surface area contributed by atoms with Gasteiger partial charge in [0.05, 0.1) is 19.6 Å². The van der Waals surface area contributed by atoms with Crippen molar-refractivity contribution in [1.29, 1.82) is 5.26 Å². The molecule has 0 bridgehead atoms. The van der Waals surface area contributed by atoms with E-state index in [9.17, 15) is 0 Å². The van der Waals surface area contributed by atoms with Crippen molar-refractivity contribution < 1.29 is 4.74 Å².